The van der Waals surface area contributed by atoms with E-state index in [-0.39, 0.29) is 12.0 Å². The normalized spacial score (nSPS) is 20.9. The SMILES string of the molecule is O=C(c1cccc(-n2cccn2)n1)N(CC1CCCO1)C1CCCC1. The summed E-state index contributed by atoms with van der Waals surface area (Å²) >= 11 is 0. The zero-order valence-electron chi connectivity index (χ0n) is 14.4. The van der Waals surface area contributed by atoms with E-state index in [9.17, 15) is 4.79 Å². The fourth-order valence-corrected chi connectivity index (χ4v) is 3.84. The van der Waals surface area contributed by atoms with Gasteiger partial charge >= 0.3 is 0 Å². The average Bonchev–Trinajstić information content (AvgIpc) is 3.42. The second-order valence-corrected chi connectivity index (χ2v) is 6.86. The fourth-order valence-electron chi connectivity index (χ4n) is 3.84. The van der Waals surface area contributed by atoms with Gasteiger partial charge in [0, 0.05) is 31.6 Å². The number of carbonyl (C=O) groups excluding carboxylic acids is 1. The van der Waals surface area contributed by atoms with E-state index in [4.69, 9.17) is 4.74 Å². The minimum absolute atomic E-state index is 0.0106. The lowest BCUT2D eigenvalue weighted by molar-refractivity contribution is 0.0416. The smallest absolute Gasteiger partial charge is 0.272 e. The van der Waals surface area contributed by atoms with Crippen molar-refractivity contribution in [2.24, 2.45) is 0 Å². The summed E-state index contributed by atoms with van der Waals surface area (Å²) in [7, 11) is 0. The molecule has 1 saturated heterocycles. The molecule has 1 aliphatic heterocycles. The van der Waals surface area contributed by atoms with E-state index in [0.717, 1.165) is 32.3 Å². The molecule has 6 nitrogen and oxygen atoms in total. The van der Waals surface area contributed by atoms with Crippen molar-refractivity contribution in [2.45, 2.75) is 50.7 Å². The number of aromatic nitrogens is 3. The monoisotopic (exact) mass is 340 g/mol. The maximum Gasteiger partial charge on any atom is 0.272 e. The number of ether oxygens (including phenoxy) is 1. The summed E-state index contributed by atoms with van der Waals surface area (Å²) in [6.45, 7) is 1.49. The number of amides is 1. The van der Waals surface area contributed by atoms with Gasteiger partial charge in [0.05, 0.1) is 6.10 Å². The topological polar surface area (TPSA) is 60.2 Å². The predicted octanol–water partition coefficient (Wildman–Crippen LogP) is 2.83. The van der Waals surface area contributed by atoms with Crippen molar-refractivity contribution in [3.8, 4) is 5.82 Å². The Morgan fingerprint density at radius 1 is 1.20 bits per heavy atom. The van der Waals surface area contributed by atoms with Crippen LogP contribution in [0.3, 0.4) is 0 Å². The zero-order chi connectivity index (χ0) is 17.1. The van der Waals surface area contributed by atoms with Gasteiger partial charge in [0.2, 0.25) is 0 Å². The van der Waals surface area contributed by atoms with E-state index < -0.39 is 0 Å². The number of carbonyl (C=O) groups is 1. The molecule has 0 radical (unpaired) electrons. The molecular weight excluding hydrogens is 316 g/mol. The van der Waals surface area contributed by atoms with Crippen molar-refractivity contribution in [1.82, 2.24) is 19.7 Å². The van der Waals surface area contributed by atoms with Crippen molar-refractivity contribution in [1.29, 1.82) is 0 Å². The minimum Gasteiger partial charge on any atom is -0.376 e. The molecule has 0 N–H and O–H groups in total. The van der Waals surface area contributed by atoms with Crippen LogP contribution in [0.15, 0.2) is 36.7 Å². The van der Waals surface area contributed by atoms with Crippen LogP contribution in [-0.4, -0.2) is 50.9 Å². The highest BCUT2D eigenvalue weighted by Crippen LogP contribution is 2.26. The standard InChI is InChI=1S/C19H24N4O2/c24-19(17-9-3-10-18(21-17)23-12-5-11-20-23)22(15-6-1-2-7-15)14-16-8-4-13-25-16/h3,5,9-12,15-16H,1-2,4,6-8,13-14H2. The molecular formula is C19H24N4O2. The van der Waals surface area contributed by atoms with Crippen LogP contribution >= 0.6 is 0 Å². The van der Waals surface area contributed by atoms with Crippen LogP contribution < -0.4 is 0 Å². The summed E-state index contributed by atoms with van der Waals surface area (Å²) in [6.07, 6.45) is 10.4. The molecule has 0 aromatic carbocycles. The van der Waals surface area contributed by atoms with E-state index in [1.54, 1.807) is 16.9 Å². The Labute approximate surface area is 147 Å². The van der Waals surface area contributed by atoms with Gasteiger partial charge in [0.25, 0.3) is 5.91 Å². The second-order valence-electron chi connectivity index (χ2n) is 6.86. The van der Waals surface area contributed by atoms with Crippen LogP contribution in [0, 0.1) is 0 Å². The lowest BCUT2D eigenvalue weighted by atomic mass is 10.1. The summed E-state index contributed by atoms with van der Waals surface area (Å²) in [5.74, 6) is 0.677. The Bertz CT molecular complexity index is 704. The van der Waals surface area contributed by atoms with Crippen molar-refractivity contribution in [3.63, 3.8) is 0 Å². The van der Waals surface area contributed by atoms with Crippen molar-refractivity contribution in [3.05, 3.63) is 42.4 Å². The molecule has 2 aromatic rings. The van der Waals surface area contributed by atoms with Gasteiger partial charge in [-0.25, -0.2) is 9.67 Å². The van der Waals surface area contributed by atoms with Crippen LogP contribution in [-0.2, 0) is 4.74 Å². The highest BCUT2D eigenvalue weighted by Gasteiger charge is 2.31. The van der Waals surface area contributed by atoms with E-state index >= 15 is 0 Å². The lowest BCUT2D eigenvalue weighted by Gasteiger charge is -2.31. The molecule has 2 aliphatic rings. The zero-order valence-corrected chi connectivity index (χ0v) is 14.4. The van der Waals surface area contributed by atoms with Crippen molar-refractivity contribution >= 4 is 5.91 Å². The maximum absolute atomic E-state index is 13.2. The predicted molar refractivity (Wildman–Crippen MR) is 93.6 cm³/mol. The van der Waals surface area contributed by atoms with Gasteiger partial charge < -0.3 is 9.64 Å². The number of hydrogen-bond acceptors (Lipinski definition) is 4. The largest absolute Gasteiger partial charge is 0.376 e. The molecule has 0 bridgehead atoms. The van der Waals surface area contributed by atoms with Gasteiger partial charge in [-0.15, -0.1) is 0 Å². The number of nitrogens with zero attached hydrogens (tertiary/aromatic N) is 4. The Morgan fingerprint density at radius 2 is 2.08 bits per heavy atom. The maximum atomic E-state index is 13.2. The summed E-state index contributed by atoms with van der Waals surface area (Å²) in [5, 5.41) is 4.20. The van der Waals surface area contributed by atoms with Crippen LogP contribution in [0.25, 0.3) is 5.82 Å². The van der Waals surface area contributed by atoms with Crippen LogP contribution in [0.1, 0.15) is 49.0 Å². The highest BCUT2D eigenvalue weighted by atomic mass is 16.5. The van der Waals surface area contributed by atoms with Crippen molar-refractivity contribution < 1.29 is 9.53 Å². The molecule has 6 heteroatoms. The summed E-state index contributed by atoms with van der Waals surface area (Å²) in [6, 6.07) is 7.69. The summed E-state index contributed by atoms with van der Waals surface area (Å²) in [5.41, 5.74) is 0.484. The minimum atomic E-state index is 0.0106. The quantitative estimate of drug-likeness (QED) is 0.840. The van der Waals surface area contributed by atoms with E-state index in [0.29, 0.717) is 24.1 Å². The third-order valence-electron chi connectivity index (χ3n) is 5.14. The van der Waals surface area contributed by atoms with Gasteiger partial charge in [-0.05, 0) is 43.9 Å². The first-order valence-electron chi connectivity index (χ1n) is 9.21. The third-order valence-corrected chi connectivity index (χ3v) is 5.14. The molecule has 1 unspecified atom stereocenters. The fraction of sp³-hybridized carbons (Fsp3) is 0.526. The second kappa shape index (κ2) is 7.35. The molecule has 25 heavy (non-hydrogen) atoms. The molecule has 1 atom stereocenters. The highest BCUT2D eigenvalue weighted by molar-refractivity contribution is 5.92. The number of rotatable bonds is 5. The first kappa shape index (κ1) is 16.3. The molecule has 2 fully saturated rings. The Balaban J connectivity index is 1.57. The van der Waals surface area contributed by atoms with E-state index in [2.05, 4.69) is 10.1 Å². The molecule has 1 amide bonds. The van der Waals surface area contributed by atoms with Gasteiger partial charge in [0.15, 0.2) is 5.82 Å². The first-order chi connectivity index (χ1) is 12.3. The van der Waals surface area contributed by atoms with Gasteiger partial charge in [0.1, 0.15) is 5.69 Å². The summed E-state index contributed by atoms with van der Waals surface area (Å²) < 4.78 is 7.46. The lowest BCUT2D eigenvalue weighted by Crippen LogP contribution is -2.43. The van der Waals surface area contributed by atoms with E-state index in [1.807, 2.05) is 29.3 Å². The third kappa shape index (κ3) is 3.58. The first-order valence-corrected chi connectivity index (χ1v) is 9.21. The average molecular weight is 340 g/mol. The van der Waals surface area contributed by atoms with Crippen molar-refractivity contribution in [2.75, 3.05) is 13.2 Å². The number of pyridine rings is 1. The van der Waals surface area contributed by atoms with Crippen LogP contribution in [0.2, 0.25) is 0 Å². The molecule has 4 rings (SSSR count). The van der Waals surface area contributed by atoms with E-state index in [1.165, 1.54) is 12.8 Å². The van der Waals surface area contributed by atoms with Crippen LogP contribution in [0.4, 0.5) is 0 Å². The molecule has 1 aliphatic carbocycles. The van der Waals surface area contributed by atoms with Gasteiger partial charge in [-0.3, -0.25) is 4.79 Å². The Kier molecular flexibility index (Phi) is 4.78. The molecule has 132 valence electrons. The summed E-state index contributed by atoms with van der Waals surface area (Å²) in [4.78, 5) is 19.8. The Hall–Kier alpha value is -2.21. The molecule has 0 spiro atoms. The molecule has 1 saturated carbocycles. The Morgan fingerprint density at radius 3 is 2.80 bits per heavy atom. The molecule has 3 heterocycles. The van der Waals surface area contributed by atoms with Gasteiger partial charge in [-0.1, -0.05) is 18.9 Å². The van der Waals surface area contributed by atoms with Crippen LogP contribution in [0.5, 0.6) is 0 Å². The number of hydrogen-bond donors (Lipinski definition) is 0. The van der Waals surface area contributed by atoms with Gasteiger partial charge in [-0.2, -0.15) is 5.10 Å². The molecule has 2 aromatic heterocycles.